The lowest BCUT2D eigenvalue weighted by Gasteiger charge is -2.10. The van der Waals surface area contributed by atoms with E-state index in [-0.39, 0.29) is 4.88 Å². The summed E-state index contributed by atoms with van der Waals surface area (Å²) < 4.78 is 10.8. The average Bonchev–Trinajstić information content (AvgIpc) is 3.05. The Kier molecular flexibility index (Phi) is 5.00. The molecule has 0 atom stereocenters. The van der Waals surface area contributed by atoms with Crippen molar-refractivity contribution in [3.8, 4) is 22.1 Å². The number of ether oxygens (including phenoxy) is 2. The van der Waals surface area contributed by atoms with Crippen LogP contribution >= 0.6 is 11.3 Å². The van der Waals surface area contributed by atoms with Crippen LogP contribution in [-0.2, 0) is 6.42 Å². The first kappa shape index (κ1) is 17.0. The molecule has 0 amide bonds. The maximum Gasteiger partial charge on any atom is 0.347 e. The highest BCUT2D eigenvalue weighted by Gasteiger charge is 2.21. The van der Waals surface area contributed by atoms with Crippen LogP contribution in [-0.4, -0.2) is 30.3 Å². The van der Waals surface area contributed by atoms with Crippen molar-refractivity contribution in [2.45, 2.75) is 6.42 Å². The molecule has 0 bridgehead atoms. The van der Waals surface area contributed by atoms with E-state index in [1.807, 2.05) is 42.5 Å². The van der Waals surface area contributed by atoms with Gasteiger partial charge in [-0.1, -0.05) is 36.4 Å². The van der Waals surface area contributed by atoms with Crippen molar-refractivity contribution in [3.63, 3.8) is 0 Å². The van der Waals surface area contributed by atoms with Gasteiger partial charge in [-0.15, -0.1) is 11.3 Å². The third kappa shape index (κ3) is 3.49. The van der Waals surface area contributed by atoms with Crippen molar-refractivity contribution in [3.05, 3.63) is 64.7 Å². The third-order valence-corrected chi connectivity index (χ3v) is 4.86. The van der Waals surface area contributed by atoms with E-state index >= 15 is 0 Å². The first-order valence-corrected chi connectivity index (χ1v) is 8.44. The fourth-order valence-electron chi connectivity index (χ4n) is 2.60. The van der Waals surface area contributed by atoms with Gasteiger partial charge >= 0.3 is 5.97 Å². The van der Waals surface area contributed by atoms with Crippen LogP contribution in [0.3, 0.4) is 0 Å². The predicted molar refractivity (Wildman–Crippen MR) is 96.9 cm³/mol. The molecular weight excluding hydrogens is 338 g/mol. The van der Waals surface area contributed by atoms with E-state index < -0.39 is 5.97 Å². The second kappa shape index (κ2) is 7.36. The summed E-state index contributed by atoms with van der Waals surface area (Å²) in [5, 5.41) is 10.1. The highest BCUT2D eigenvalue weighted by molar-refractivity contribution is 7.17. The molecular formula is C19H17NO4S. The number of carboxylic acid groups (broad SMARTS) is 1. The molecule has 0 aliphatic rings. The maximum atomic E-state index is 11.6. The summed E-state index contributed by atoms with van der Waals surface area (Å²) in [6.07, 6.45) is 0.464. The van der Waals surface area contributed by atoms with Crippen molar-refractivity contribution >= 4 is 17.3 Å². The van der Waals surface area contributed by atoms with E-state index in [1.165, 1.54) is 0 Å². The third-order valence-electron chi connectivity index (χ3n) is 3.74. The molecule has 128 valence electrons. The van der Waals surface area contributed by atoms with Gasteiger partial charge in [0.15, 0.2) is 11.5 Å². The van der Waals surface area contributed by atoms with Crippen LogP contribution in [0.1, 0.15) is 20.9 Å². The van der Waals surface area contributed by atoms with Gasteiger partial charge in [0.25, 0.3) is 0 Å². The molecule has 0 radical (unpaired) electrons. The Balaban J connectivity index is 2.07. The summed E-state index contributed by atoms with van der Waals surface area (Å²) in [7, 11) is 3.12. The second-order valence-electron chi connectivity index (χ2n) is 5.30. The maximum absolute atomic E-state index is 11.6. The minimum absolute atomic E-state index is 0.240. The van der Waals surface area contributed by atoms with Crippen molar-refractivity contribution < 1.29 is 19.4 Å². The number of aromatic nitrogens is 1. The number of hydrogen-bond donors (Lipinski definition) is 1. The molecule has 3 aromatic rings. The molecule has 0 spiro atoms. The molecule has 1 N–H and O–H groups in total. The second-order valence-corrected chi connectivity index (χ2v) is 6.30. The average molecular weight is 355 g/mol. The van der Waals surface area contributed by atoms with E-state index in [9.17, 15) is 9.90 Å². The molecule has 3 rings (SSSR count). The first-order valence-electron chi connectivity index (χ1n) is 7.62. The number of nitrogens with zero attached hydrogens (tertiary/aromatic N) is 1. The molecule has 0 saturated heterocycles. The van der Waals surface area contributed by atoms with Gasteiger partial charge in [0.2, 0.25) is 0 Å². The van der Waals surface area contributed by atoms with Crippen molar-refractivity contribution in [2.24, 2.45) is 0 Å². The van der Waals surface area contributed by atoms with Crippen molar-refractivity contribution in [2.75, 3.05) is 14.2 Å². The minimum atomic E-state index is -0.975. The summed E-state index contributed by atoms with van der Waals surface area (Å²) in [6.45, 7) is 0. The standard InChI is InChI=1S/C19H17NO4S/c1-23-15-10-6-9-13(16(15)24-2)18-20-14(17(25-18)19(21)22)11-12-7-4-3-5-8-12/h3-10H,11H2,1-2H3,(H,21,22). The zero-order valence-electron chi connectivity index (χ0n) is 13.9. The number of rotatable bonds is 6. The van der Waals surface area contributed by atoms with Gasteiger partial charge in [0, 0.05) is 6.42 Å². The summed E-state index contributed by atoms with van der Waals surface area (Å²) in [5.74, 6) is 0.148. The highest BCUT2D eigenvalue weighted by atomic mass is 32.1. The smallest absolute Gasteiger partial charge is 0.347 e. The van der Waals surface area contributed by atoms with Crippen molar-refractivity contribution in [1.82, 2.24) is 4.98 Å². The molecule has 0 unspecified atom stereocenters. The first-order chi connectivity index (χ1) is 12.1. The Bertz CT molecular complexity index is 890. The SMILES string of the molecule is COc1cccc(-c2nc(Cc3ccccc3)c(C(=O)O)s2)c1OC. The Hall–Kier alpha value is -2.86. The van der Waals surface area contributed by atoms with Gasteiger partial charge in [-0.2, -0.15) is 0 Å². The lowest BCUT2D eigenvalue weighted by molar-refractivity contribution is 0.0701. The van der Waals surface area contributed by atoms with Crippen LogP contribution in [0.25, 0.3) is 10.6 Å². The molecule has 0 saturated carbocycles. The molecule has 0 fully saturated rings. The van der Waals surface area contributed by atoms with E-state index in [4.69, 9.17) is 9.47 Å². The number of methoxy groups -OCH3 is 2. The quantitative estimate of drug-likeness (QED) is 0.720. The molecule has 0 aliphatic carbocycles. The predicted octanol–water partition coefficient (Wildman–Crippen LogP) is 4.12. The molecule has 25 heavy (non-hydrogen) atoms. The number of hydrogen-bond acceptors (Lipinski definition) is 5. The molecule has 2 aromatic carbocycles. The number of thiazole rings is 1. The largest absolute Gasteiger partial charge is 0.493 e. The number of para-hydroxylation sites is 1. The van der Waals surface area contributed by atoms with E-state index in [0.29, 0.717) is 34.2 Å². The van der Waals surface area contributed by atoms with Crippen LogP contribution < -0.4 is 9.47 Å². The lowest BCUT2D eigenvalue weighted by Crippen LogP contribution is -1.99. The number of carbonyl (C=O) groups is 1. The van der Waals surface area contributed by atoms with Gasteiger partial charge in [-0.25, -0.2) is 9.78 Å². The van der Waals surface area contributed by atoms with Crippen molar-refractivity contribution in [1.29, 1.82) is 0 Å². The Morgan fingerprint density at radius 1 is 1.08 bits per heavy atom. The van der Waals surface area contributed by atoms with E-state index in [2.05, 4.69) is 4.98 Å². The lowest BCUT2D eigenvalue weighted by atomic mass is 10.1. The van der Waals surface area contributed by atoms with Gasteiger partial charge < -0.3 is 14.6 Å². The molecule has 6 heteroatoms. The Morgan fingerprint density at radius 2 is 1.84 bits per heavy atom. The number of benzene rings is 2. The molecule has 1 heterocycles. The highest BCUT2D eigenvalue weighted by Crippen LogP contribution is 2.40. The van der Waals surface area contributed by atoms with Crippen LogP contribution in [0.5, 0.6) is 11.5 Å². The topological polar surface area (TPSA) is 68.7 Å². The zero-order valence-corrected chi connectivity index (χ0v) is 14.7. The summed E-state index contributed by atoms with van der Waals surface area (Å²) in [6, 6.07) is 15.2. The van der Waals surface area contributed by atoms with E-state index in [0.717, 1.165) is 16.9 Å². The zero-order chi connectivity index (χ0) is 17.8. The van der Waals surface area contributed by atoms with Crippen LogP contribution in [0.4, 0.5) is 0 Å². The Labute approximate surface area is 149 Å². The summed E-state index contributed by atoms with van der Waals surface area (Å²) in [4.78, 5) is 16.5. The number of aromatic carboxylic acids is 1. The van der Waals surface area contributed by atoms with Gasteiger partial charge in [0.1, 0.15) is 9.88 Å². The van der Waals surface area contributed by atoms with Gasteiger partial charge in [0.05, 0.1) is 25.5 Å². The Morgan fingerprint density at radius 3 is 2.48 bits per heavy atom. The van der Waals surface area contributed by atoms with E-state index in [1.54, 1.807) is 20.3 Å². The van der Waals surface area contributed by atoms with Crippen LogP contribution in [0.15, 0.2) is 48.5 Å². The van der Waals surface area contributed by atoms with Crippen LogP contribution in [0, 0.1) is 0 Å². The minimum Gasteiger partial charge on any atom is -0.493 e. The molecule has 0 aliphatic heterocycles. The monoisotopic (exact) mass is 355 g/mol. The molecule has 1 aromatic heterocycles. The fraction of sp³-hybridized carbons (Fsp3) is 0.158. The summed E-state index contributed by atoms with van der Waals surface area (Å²) in [5.41, 5.74) is 2.27. The molecule has 5 nitrogen and oxygen atoms in total. The normalized spacial score (nSPS) is 10.5. The summed E-state index contributed by atoms with van der Waals surface area (Å²) >= 11 is 1.14. The fourth-order valence-corrected chi connectivity index (χ4v) is 3.54. The van der Waals surface area contributed by atoms with Gasteiger partial charge in [-0.05, 0) is 17.7 Å². The van der Waals surface area contributed by atoms with Crippen LogP contribution in [0.2, 0.25) is 0 Å². The number of carboxylic acids is 1. The van der Waals surface area contributed by atoms with Gasteiger partial charge in [-0.3, -0.25) is 0 Å².